The van der Waals surface area contributed by atoms with E-state index in [1.807, 2.05) is 30.3 Å². The first-order valence-corrected chi connectivity index (χ1v) is 7.97. The highest BCUT2D eigenvalue weighted by molar-refractivity contribution is 8.00. The number of amides is 1. The Morgan fingerprint density at radius 2 is 1.78 bits per heavy atom. The van der Waals surface area contributed by atoms with Crippen molar-refractivity contribution in [2.45, 2.75) is 17.9 Å². The Kier molecular flexibility index (Phi) is 6.17. The number of anilines is 1. The summed E-state index contributed by atoms with van der Waals surface area (Å²) in [4.78, 5) is 24.6. The molecule has 0 aromatic heterocycles. The van der Waals surface area contributed by atoms with Gasteiger partial charge in [-0.3, -0.25) is 9.59 Å². The van der Waals surface area contributed by atoms with E-state index in [0.717, 1.165) is 4.90 Å². The summed E-state index contributed by atoms with van der Waals surface area (Å²) in [7, 11) is 0. The van der Waals surface area contributed by atoms with Crippen LogP contribution in [-0.2, 0) is 14.3 Å². The highest BCUT2D eigenvalue weighted by Crippen LogP contribution is 2.17. The van der Waals surface area contributed by atoms with Gasteiger partial charge >= 0.3 is 5.97 Å². The van der Waals surface area contributed by atoms with Gasteiger partial charge in [0.1, 0.15) is 5.82 Å². The number of thioether (sulfide) groups is 1. The molecule has 0 spiro atoms. The second kappa shape index (κ2) is 8.33. The summed E-state index contributed by atoms with van der Waals surface area (Å²) in [6.45, 7) is 1.45. The Morgan fingerprint density at radius 3 is 2.48 bits per heavy atom. The molecule has 0 bridgehead atoms. The van der Waals surface area contributed by atoms with Crippen LogP contribution in [0.3, 0.4) is 0 Å². The fourth-order valence-electron chi connectivity index (χ4n) is 1.74. The molecule has 4 nitrogen and oxygen atoms in total. The van der Waals surface area contributed by atoms with Crippen LogP contribution in [-0.4, -0.2) is 23.7 Å². The van der Waals surface area contributed by atoms with Crippen LogP contribution in [0.15, 0.2) is 59.5 Å². The van der Waals surface area contributed by atoms with Crippen LogP contribution in [0.25, 0.3) is 0 Å². The van der Waals surface area contributed by atoms with Crippen LogP contribution >= 0.6 is 11.8 Å². The monoisotopic (exact) mass is 333 g/mol. The molecular formula is C17H16FNO3S. The second-order valence-corrected chi connectivity index (χ2v) is 5.75. The van der Waals surface area contributed by atoms with Crippen LogP contribution in [0.1, 0.15) is 6.92 Å². The molecule has 1 N–H and O–H groups in total. The molecule has 0 fully saturated rings. The lowest BCUT2D eigenvalue weighted by Gasteiger charge is -2.13. The summed E-state index contributed by atoms with van der Waals surface area (Å²) in [6, 6.07) is 15.2. The molecule has 6 heteroatoms. The van der Waals surface area contributed by atoms with Gasteiger partial charge in [-0.1, -0.05) is 30.3 Å². The quantitative estimate of drug-likeness (QED) is 0.649. The van der Waals surface area contributed by atoms with Gasteiger partial charge < -0.3 is 10.1 Å². The SMILES string of the molecule is C[C@@H](OC(=O)CSc1ccccc1)C(=O)Nc1ccccc1F. The molecule has 120 valence electrons. The summed E-state index contributed by atoms with van der Waals surface area (Å²) in [5.74, 6) is -1.52. The molecule has 2 rings (SSSR count). The number of halogens is 1. The molecule has 1 atom stereocenters. The molecule has 0 saturated carbocycles. The van der Waals surface area contributed by atoms with Gasteiger partial charge in [0.2, 0.25) is 0 Å². The number of carbonyl (C=O) groups excluding carboxylic acids is 2. The van der Waals surface area contributed by atoms with E-state index in [1.54, 1.807) is 6.07 Å². The largest absolute Gasteiger partial charge is 0.452 e. The summed E-state index contributed by atoms with van der Waals surface area (Å²) in [6.07, 6.45) is -1.00. The van der Waals surface area contributed by atoms with Crippen molar-refractivity contribution in [1.29, 1.82) is 0 Å². The van der Waals surface area contributed by atoms with Crippen molar-refractivity contribution < 1.29 is 18.7 Å². The Bertz CT molecular complexity index is 679. The number of esters is 1. The maximum absolute atomic E-state index is 13.5. The zero-order valence-corrected chi connectivity index (χ0v) is 13.3. The van der Waals surface area contributed by atoms with Gasteiger partial charge in [0.25, 0.3) is 5.91 Å². The maximum atomic E-state index is 13.5. The van der Waals surface area contributed by atoms with Gasteiger partial charge in [-0.15, -0.1) is 11.8 Å². The third-order valence-electron chi connectivity index (χ3n) is 2.91. The average molecular weight is 333 g/mol. The third kappa shape index (κ3) is 5.41. The first-order valence-electron chi connectivity index (χ1n) is 6.99. The topological polar surface area (TPSA) is 55.4 Å². The van der Waals surface area contributed by atoms with Crippen molar-refractivity contribution in [1.82, 2.24) is 0 Å². The first kappa shape index (κ1) is 17.0. The summed E-state index contributed by atoms with van der Waals surface area (Å²) in [5, 5.41) is 2.39. The molecule has 0 heterocycles. The van der Waals surface area contributed by atoms with Crippen molar-refractivity contribution in [2.24, 2.45) is 0 Å². The summed E-state index contributed by atoms with van der Waals surface area (Å²) in [5.41, 5.74) is 0.0547. The molecule has 0 saturated heterocycles. The molecule has 0 unspecified atom stereocenters. The second-order valence-electron chi connectivity index (χ2n) is 4.70. The van der Waals surface area contributed by atoms with Gasteiger partial charge in [-0.05, 0) is 31.2 Å². The lowest BCUT2D eigenvalue weighted by Crippen LogP contribution is -2.30. The van der Waals surface area contributed by atoms with E-state index in [4.69, 9.17) is 4.74 Å². The van der Waals surface area contributed by atoms with Crippen LogP contribution in [0.4, 0.5) is 10.1 Å². The molecule has 1 amide bonds. The molecule has 23 heavy (non-hydrogen) atoms. The highest BCUT2D eigenvalue weighted by Gasteiger charge is 2.19. The van der Waals surface area contributed by atoms with E-state index >= 15 is 0 Å². The minimum atomic E-state index is -1.00. The first-order chi connectivity index (χ1) is 11.1. The predicted octanol–water partition coefficient (Wildman–Crippen LogP) is 3.49. The number of carbonyl (C=O) groups is 2. The van der Waals surface area contributed by atoms with E-state index < -0.39 is 23.8 Å². The maximum Gasteiger partial charge on any atom is 0.317 e. The lowest BCUT2D eigenvalue weighted by atomic mass is 10.3. The molecule has 0 radical (unpaired) electrons. The Labute approximate surface area is 138 Å². The van der Waals surface area contributed by atoms with Gasteiger partial charge in [-0.25, -0.2) is 4.39 Å². The van der Waals surface area contributed by atoms with E-state index in [1.165, 1.54) is 36.9 Å². The number of hydrogen-bond acceptors (Lipinski definition) is 4. The van der Waals surface area contributed by atoms with Gasteiger partial charge in [0.15, 0.2) is 6.10 Å². The van der Waals surface area contributed by atoms with Gasteiger partial charge in [0.05, 0.1) is 11.4 Å². The standard InChI is InChI=1S/C17H16FNO3S/c1-12(17(21)19-15-10-6-5-9-14(15)18)22-16(20)11-23-13-7-3-2-4-8-13/h2-10,12H,11H2,1H3,(H,19,21)/t12-/m1/s1. The molecule has 0 aliphatic rings. The minimum absolute atomic E-state index is 0.0547. The number of nitrogens with one attached hydrogen (secondary N) is 1. The molecule has 2 aromatic carbocycles. The molecule has 0 aliphatic heterocycles. The number of benzene rings is 2. The molecular weight excluding hydrogens is 317 g/mol. The number of ether oxygens (including phenoxy) is 1. The van der Waals surface area contributed by atoms with Crippen molar-refractivity contribution in [2.75, 3.05) is 11.1 Å². The molecule has 0 aliphatic carbocycles. The number of para-hydroxylation sites is 1. The van der Waals surface area contributed by atoms with E-state index in [-0.39, 0.29) is 11.4 Å². The fraction of sp³-hybridized carbons (Fsp3) is 0.176. The Hall–Kier alpha value is -2.34. The van der Waals surface area contributed by atoms with E-state index in [0.29, 0.717) is 0 Å². The van der Waals surface area contributed by atoms with Crippen LogP contribution < -0.4 is 5.32 Å². The minimum Gasteiger partial charge on any atom is -0.452 e. The van der Waals surface area contributed by atoms with Gasteiger partial charge in [0, 0.05) is 4.90 Å². The zero-order valence-electron chi connectivity index (χ0n) is 12.5. The fourth-order valence-corrected chi connectivity index (χ4v) is 2.44. The van der Waals surface area contributed by atoms with Crippen LogP contribution in [0.5, 0.6) is 0 Å². The van der Waals surface area contributed by atoms with Crippen molar-refractivity contribution in [3.63, 3.8) is 0 Å². The van der Waals surface area contributed by atoms with Crippen molar-refractivity contribution in [3.8, 4) is 0 Å². The predicted molar refractivity (Wildman–Crippen MR) is 87.7 cm³/mol. The Balaban J connectivity index is 1.81. The van der Waals surface area contributed by atoms with E-state index in [9.17, 15) is 14.0 Å². The van der Waals surface area contributed by atoms with Gasteiger partial charge in [-0.2, -0.15) is 0 Å². The summed E-state index contributed by atoms with van der Waals surface area (Å²) < 4.78 is 18.5. The Morgan fingerprint density at radius 1 is 1.13 bits per heavy atom. The van der Waals surface area contributed by atoms with Crippen LogP contribution in [0.2, 0.25) is 0 Å². The summed E-state index contributed by atoms with van der Waals surface area (Å²) >= 11 is 1.32. The number of hydrogen-bond donors (Lipinski definition) is 1. The van der Waals surface area contributed by atoms with E-state index in [2.05, 4.69) is 5.32 Å². The number of rotatable bonds is 6. The van der Waals surface area contributed by atoms with Crippen molar-refractivity contribution >= 4 is 29.3 Å². The highest BCUT2D eigenvalue weighted by atomic mass is 32.2. The molecule has 2 aromatic rings. The smallest absolute Gasteiger partial charge is 0.317 e. The lowest BCUT2D eigenvalue weighted by molar-refractivity contribution is -0.150. The third-order valence-corrected chi connectivity index (χ3v) is 3.89. The average Bonchev–Trinajstić information content (AvgIpc) is 2.56. The van der Waals surface area contributed by atoms with Crippen molar-refractivity contribution in [3.05, 3.63) is 60.4 Å². The van der Waals surface area contributed by atoms with Crippen LogP contribution in [0, 0.1) is 5.82 Å². The normalized spacial score (nSPS) is 11.6. The zero-order chi connectivity index (χ0) is 16.7.